The molecule has 332 valence electrons. The van der Waals surface area contributed by atoms with E-state index in [1.165, 1.54) is 161 Å². The quantitative estimate of drug-likeness (QED) is 0.0238. The van der Waals surface area contributed by atoms with Crippen LogP contribution in [-0.2, 0) is 32.1 Å². The molecule has 5 rings (SSSR count). The van der Waals surface area contributed by atoms with Gasteiger partial charge in [-0.3, -0.25) is 0 Å². The molecule has 60 heavy (non-hydrogen) atoms. The topological polar surface area (TPSA) is 208 Å². The molecule has 5 N–H and O–H groups in total. The van der Waals surface area contributed by atoms with Gasteiger partial charge in [-0.15, -0.1) is 0 Å². The molecular weight excluding hydrogens is 751 g/mol. The smallest absolute Gasteiger partial charge is 0.0824 e. The molecular formula is C45H77N15. The number of nitrogens with zero attached hydrogens (tertiary/aromatic N) is 10. The number of aromatic nitrogens is 15. The Morgan fingerprint density at radius 3 is 0.850 bits per heavy atom. The molecule has 0 aliphatic rings. The summed E-state index contributed by atoms with van der Waals surface area (Å²) in [5.74, 6) is 3.15. The number of hydrogen-bond acceptors (Lipinski definition) is 10. The Morgan fingerprint density at radius 1 is 0.300 bits per heavy atom. The fraction of sp³-hybridized carbons (Fsp3) is 0.778. The van der Waals surface area contributed by atoms with Crippen molar-refractivity contribution in [1.82, 2.24) is 77.1 Å². The van der Waals surface area contributed by atoms with Crippen molar-refractivity contribution in [1.29, 1.82) is 0 Å². The first-order valence-corrected chi connectivity index (χ1v) is 24.0. The van der Waals surface area contributed by atoms with Crippen molar-refractivity contribution in [2.75, 3.05) is 0 Å². The maximum Gasteiger partial charge on any atom is 0.0824 e. The summed E-state index contributed by atoms with van der Waals surface area (Å²) in [7, 11) is 0. The Balaban J connectivity index is 1.08. The van der Waals surface area contributed by atoms with Crippen molar-refractivity contribution < 1.29 is 0 Å². The summed E-state index contributed by atoms with van der Waals surface area (Å²) in [6.45, 7) is 2.34. The van der Waals surface area contributed by atoms with Crippen LogP contribution in [0.1, 0.15) is 196 Å². The largest absolute Gasteiger partial charge is 0.198 e. The van der Waals surface area contributed by atoms with Gasteiger partial charge in [0.1, 0.15) is 0 Å². The van der Waals surface area contributed by atoms with Crippen LogP contribution >= 0.6 is 0 Å². The molecule has 4 atom stereocenters. The second-order valence-corrected chi connectivity index (χ2v) is 17.7. The van der Waals surface area contributed by atoms with Crippen LogP contribution in [0.25, 0.3) is 0 Å². The molecule has 0 bridgehead atoms. The summed E-state index contributed by atoms with van der Waals surface area (Å²) < 4.78 is 0. The molecule has 0 aliphatic heterocycles. The number of aromatic amines is 5. The van der Waals surface area contributed by atoms with Crippen LogP contribution in [0.3, 0.4) is 0 Å². The molecule has 15 nitrogen and oxygen atoms in total. The van der Waals surface area contributed by atoms with E-state index in [0.29, 0.717) is 0 Å². The van der Waals surface area contributed by atoms with Gasteiger partial charge in [-0.25, -0.2) is 0 Å². The maximum atomic E-state index is 4.35. The molecule has 5 aromatic heterocycles. The zero-order chi connectivity index (χ0) is 41.6. The molecule has 0 aliphatic carbocycles. The van der Waals surface area contributed by atoms with Crippen LogP contribution in [0.5, 0.6) is 0 Å². The van der Waals surface area contributed by atoms with Crippen LogP contribution in [0.4, 0.5) is 0 Å². The predicted octanol–water partition coefficient (Wildman–Crippen LogP) is 10.0. The fourth-order valence-electron chi connectivity index (χ4n) is 9.51. The SMILES string of the molecule is CCCC(CCCc1cn[nH]n1)CCCC(CCCc1cn[nH]n1)CCCC(CCCc1cn[nH]n1)CCCC(CCCCCCCc1cn[nH]n1)CCCc1cn[nH]n1. The van der Waals surface area contributed by atoms with Gasteiger partial charge >= 0.3 is 0 Å². The third-order valence-corrected chi connectivity index (χ3v) is 12.9. The molecule has 15 heteroatoms. The van der Waals surface area contributed by atoms with Gasteiger partial charge in [0.25, 0.3) is 0 Å². The lowest BCUT2D eigenvalue weighted by atomic mass is 9.83. The van der Waals surface area contributed by atoms with Gasteiger partial charge < -0.3 is 0 Å². The second-order valence-electron chi connectivity index (χ2n) is 17.7. The van der Waals surface area contributed by atoms with Gasteiger partial charge in [0.05, 0.1) is 59.5 Å². The Hall–Kier alpha value is -4.30. The van der Waals surface area contributed by atoms with E-state index in [1.54, 1.807) is 0 Å². The minimum absolute atomic E-state index is 0.770. The number of aryl methyl sites for hydroxylation is 5. The van der Waals surface area contributed by atoms with Crippen LogP contribution in [0.2, 0.25) is 0 Å². The number of unbranched alkanes of at least 4 members (excludes halogenated alkanes) is 4. The third-order valence-electron chi connectivity index (χ3n) is 12.9. The minimum atomic E-state index is 0.770. The van der Waals surface area contributed by atoms with Crippen molar-refractivity contribution in [3.63, 3.8) is 0 Å². The Kier molecular flexibility index (Phi) is 23.3. The molecule has 0 amide bonds. The normalized spacial score (nSPS) is 13.8. The average molecular weight is 828 g/mol. The summed E-state index contributed by atoms with van der Waals surface area (Å²) in [4.78, 5) is 0. The van der Waals surface area contributed by atoms with E-state index in [2.05, 4.69) is 84.0 Å². The van der Waals surface area contributed by atoms with Crippen LogP contribution in [-0.4, -0.2) is 77.1 Å². The highest BCUT2D eigenvalue weighted by molar-refractivity contribution is 4.93. The summed E-state index contributed by atoms with van der Waals surface area (Å²) >= 11 is 0. The van der Waals surface area contributed by atoms with Gasteiger partial charge in [-0.2, -0.15) is 77.1 Å². The van der Waals surface area contributed by atoms with E-state index in [-0.39, 0.29) is 0 Å². The van der Waals surface area contributed by atoms with Crippen molar-refractivity contribution in [3.8, 4) is 0 Å². The highest BCUT2D eigenvalue weighted by Crippen LogP contribution is 2.31. The van der Waals surface area contributed by atoms with Crippen LogP contribution in [0.15, 0.2) is 31.0 Å². The van der Waals surface area contributed by atoms with E-state index in [0.717, 1.165) is 84.2 Å². The predicted molar refractivity (Wildman–Crippen MR) is 235 cm³/mol. The molecule has 0 radical (unpaired) electrons. The maximum absolute atomic E-state index is 4.35. The zero-order valence-corrected chi connectivity index (χ0v) is 36.9. The van der Waals surface area contributed by atoms with Crippen LogP contribution in [0, 0.1) is 23.7 Å². The van der Waals surface area contributed by atoms with E-state index in [4.69, 9.17) is 0 Å². The standard InChI is InChI=1S/C45H77N15/c1-2-15-37(23-11-28-42-33-47-57-52-42)17-8-19-39(25-13-30-44-35-49-59-54-44)21-10-22-40(26-14-31-45-36-50-60-55-45)20-9-18-38(24-12-29-43-34-48-58-53-43)16-6-4-3-5-7-27-41-32-46-56-51-41/h32-40H,2-31H2,1H3,(H,46,51,56)(H,47,52,57)(H,48,53,58)(H,49,54,59)(H,50,55,60). The molecule has 0 fully saturated rings. The summed E-state index contributed by atoms with van der Waals surface area (Å²) in [5, 5.41) is 55.4. The molecule has 0 saturated heterocycles. The Morgan fingerprint density at radius 2 is 0.550 bits per heavy atom. The van der Waals surface area contributed by atoms with Gasteiger partial charge in [-0.05, 0) is 87.9 Å². The molecule has 0 aromatic carbocycles. The first kappa shape index (κ1) is 46.8. The van der Waals surface area contributed by atoms with Crippen molar-refractivity contribution in [2.24, 2.45) is 23.7 Å². The number of H-pyrrole nitrogens is 5. The molecule has 5 heterocycles. The van der Waals surface area contributed by atoms with Crippen molar-refractivity contribution >= 4 is 0 Å². The lowest BCUT2D eigenvalue weighted by molar-refractivity contribution is 0.307. The van der Waals surface area contributed by atoms with Gasteiger partial charge in [0.15, 0.2) is 0 Å². The Bertz CT molecular complexity index is 1620. The van der Waals surface area contributed by atoms with E-state index < -0.39 is 0 Å². The number of nitrogens with one attached hydrogen (secondary N) is 5. The van der Waals surface area contributed by atoms with E-state index in [1.807, 2.05) is 31.0 Å². The first-order valence-electron chi connectivity index (χ1n) is 24.0. The zero-order valence-electron chi connectivity index (χ0n) is 36.9. The molecule has 0 spiro atoms. The summed E-state index contributed by atoms with van der Waals surface area (Å²) in [6.07, 6.45) is 46.8. The molecule has 4 unspecified atom stereocenters. The van der Waals surface area contributed by atoms with Gasteiger partial charge in [0, 0.05) is 0 Å². The molecule has 5 aromatic rings. The van der Waals surface area contributed by atoms with Gasteiger partial charge in [-0.1, -0.05) is 135 Å². The lowest BCUT2D eigenvalue weighted by Crippen LogP contribution is -2.09. The fourth-order valence-corrected chi connectivity index (χ4v) is 9.51. The minimum Gasteiger partial charge on any atom is -0.198 e. The van der Waals surface area contributed by atoms with E-state index >= 15 is 0 Å². The second kappa shape index (κ2) is 29.8. The van der Waals surface area contributed by atoms with Gasteiger partial charge in [0.2, 0.25) is 0 Å². The van der Waals surface area contributed by atoms with Crippen molar-refractivity contribution in [2.45, 2.75) is 200 Å². The highest BCUT2D eigenvalue weighted by Gasteiger charge is 2.17. The highest BCUT2D eigenvalue weighted by atomic mass is 15.3. The van der Waals surface area contributed by atoms with Crippen LogP contribution < -0.4 is 0 Å². The Labute approximate surface area is 358 Å². The van der Waals surface area contributed by atoms with E-state index in [9.17, 15) is 0 Å². The average Bonchev–Trinajstić information content (AvgIpc) is 4.12. The first-order chi connectivity index (χ1) is 29.7. The summed E-state index contributed by atoms with van der Waals surface area (Å²) in [5.41, 5.74) is 5.43. The summed E-state index contributed by atoms with van der Waals surface area (Å²) in [6, 6.07) is 0. The monoisotopic (exact) mass is 828 g/mol. The third kappa shape index (κ3) is 20.3. The molecule has 0 saturated carbocycles. The lowest BCUT2D eigenvalue weighted by Gasteiger charge is -2.23. The van der Waals surface area contributed by atoms with Crippen molar-refractivity contribution in [3.05, 3.63) is 59.5 Å². The number of hydrogen-bond donors (Lipinski definition) is 5. The number of rotatable bonds is 38.